The van der Waals surface area contributed by atoms with Crippen LogP contribution in [0.15, 0.2) is 40.8 Å². The first-order chi connectivity index (χ1) is 17.5. The zero-order valence-electron chi connectivity index (χ0n) is 18.3. The van der Waals surface area contributed by atoms with Gasteiger partial charge in [-0.15, -0.1) is 0 Å². The Morgan fingerprint density at radius 3 is 2.30 bits per heavy atom. The Balaban J connectivity index is 1.48. The summed E-state index contributed by atoms with van der Waals surface area (Å²) < 4.78 is 79.4. The highest BCUT2D eigenvalue weighted by Gasteiger charge is 2.29. The average Bonchev–Trinajstić information content (AvgIpc) is 3.26. The third-order valence-corrected chi connectivity index (χ3v) is 5.61. The predicted octanol–water partition coefficient (Wildman–Crippen LogP) is 6.78. The van der Waals surface area contributed by atoms with E-state index in [4.69, 9.17) is 44.6 Å². The SMILES string of the molecule is CC(Oc1ccc(Cl)cc1Cl)C(=O)NC(=S)Nc1ccc2oc(-c3c(F)c(F)c(F)c(F)c3F)nc2c1. The Labute approximate surface area is 220 Å². The Morgan fingerprint density at radius 1 is 1.00 bits per heavy atom. The molecule has 0 spiro atoms. The van der Waals surface area contributed by atoms with Crippen LogP contribution in [0, 0.1) is 29.1 Å². The predicted molar refractivity (Wildman–Crippen MR) is 130 cm³/mol. The highest BCUT2D eigenvalue weighted by atomic mass is 35.5. The van der Waals surface area contributed by atoms with Gasteiger partial charge in [0.25, 0.3) is 5.91 Å². The molecule has 192 valence electrons. The molecule has 1 atom stereocenters. The number of hydrogen-bond acceptors (Lipinski definition) is 5. The van der Waals surface area contributed by atoms with Gasteiger partial charge in [-0.1, -0.05) is 23.2 Å². The molecule has 1 aromatic heterocycles. The second kappa shape index (κ2) is 10.5. The standard InChI is InChI=1S/C23H12Cl2F5N3O3S/c1-8(35-13-4-2-9(24)6-11(13)25)21(34)33-23(37)31-10-3-5-14-12(7-10)32-22(36-14)15-16(26)18(28)20(30)19(29)17(15)27/h2-8H,1H3,(H2,31,33,34,37). The summed E-state index contributed by atoms with van der Waals surface area (Å²) in [6.07, 6.45) is -1.000. The van der Waals surface area contributed by atoms with Crippen molar-refractivity contribution in [3.8, 4) is 17.2 Å². The average molecular weight is 576 g/mol. The van der Waals surface area contributed by atoms with Crippen LogP contribution in [-0.2, 0) is 4.79 Å². The lowest BCUT2D eigenvalue weighted by Gasteiger charge is -2.16. The molecule has 1 unspecified atom stereocenters. The fourth-order valence-corrected chi connectivity index (χ4v) is 3.77. The molecule has 0 saturated heterocycles. The van der Waals surface area contributed by atoms with Gasteiger partial charge in [0.05, 0.1) is 5.02 Å². The molecular formula is C23H12Cl2F5N3O3S. The molecule has 0 aliphatic rings. The summed E-state index contributed by atoms with van der Waals surface area (Å²) in [5.41, 5.74) is -1.04. The van der Waals surface area contributed by atoms with Crippen molar-refractivity contribution in [2.45, 2.75) is 13.0 Å². The number of aromatic nitrogens is 1. The van der Waals surface area contributed by atoms with Crippen LogP contribution in [0.2, 0.25) is 10.0 Å². The van der Waals surface area contributed by atoms with E-state index in [2.05, 4.69) is 15.6 Å². The molecule has 0 saturated carbocycles. The van der Waals surface area contributed by atoms with Crippen molar-refractivity contribution >= 4 is 63.2 Å². The van der Waals surface area contributed by atoms with Crippen LogP contribution in [0.25, 0.3) is 22.6 Å². The first-order valence-corrected chi connectivity index (χ1v) is 11.3. The minimum Gasteiger partial charge on any atom is -0.479 e. The van der Waals surface area contributed by atoms with Gasteiger partial charge in [-0.05, 0) is 55.5 Å². The summed E-state index contributed by atoms with van der Waals surface area (Å²) in [4.78, 5) is 16.2. The number of carbonyl (C=O) groups is 1. The molecule has 0 aliphatic heterocycles. The number of ether oxygens (including phenoxy) is 1. The molecule has 4 aromatic rings. The summed E-state index contributed by atoms with van der Waals surface area (Å²) in [6.45, 7) is 1.46. The molecule has 3 aromatic carbocycles. The molecule has 2 N–H and O–H groups in total. The molecule has 6 nitrogen and oxygen atoms in total. The van der Waals surface area contributed by atoms with Crippen LogP contribution in [-0.4, -0.2) is 22.1 Å². The molecule has 1 heterocycles. The van der Waals surface area contributed by atoms with E-state index in [0.717, 1.165) is 0 Å². The Kier molecular flexibility index (Phi) is 7.53. The van der Waals surface area contributed by atoms with E-state index in [9.17, 15) is 26.7 Å². The van der Waals surface area contributed by atoms with Crippen LogP contribution in [0.1, 0.15) is 6.92 Å². The van der Waals surface area contributed by atoms with Crippen LogP contribution >= 0.6 is 35.4 Å². The quantitative estimate of drug-likeness (QED) is 0.118. The number of halogens is 7. The van der Waals surface area contributed by atoms with Gasteiger partial charge in [0, 0.05) is 10.7 Å². The maximum atomic E-state index is 14.1. The smallest absolute Gasteiger partial charge is 0.266 e. The largest absolute Gasteiger partial charge is 0.479 e. The number of anilines is 1. The molecule has 14 heteroatoms. The third-order valence-electron chi connectivity index (χ3n) is 4.87. The minimum atomic E-state index is -2.30. The van der Waals surface area contributed by atoms with Crippen LogP contribution in [0.5, 0.6) is 5.75 Å². The number of hydrogen-bond donors (Lipinski definition) is 2. The third kappa shape index (κ3) is 5.45. The number of fused-ring (bicyclic) bond motifs is 1. The molecule has 0 fully saturated rings. The summed E-state index contributed by atoms with van der Waals surface area (Å²) in [5.74, 6) is -11.9. The van der Waals surface area contributed by atoms with Gasteiger partial charge in [-0.2, -0.15) is 0 Å². The molecule has 4 rings (SSSR count). The van der Waals surface area contributed by atoms with Crippen molar-refractivity contribution in [1.82, 2.24) is 10.3 Å². The number of nitrogens with zero attached hydrogens (tertiary/aromatic N) is 1. The van der Waals surface area contributed by atoms with Crippen molar-refractivity contribution in [3.63, 3.8) is 0 Å². The van der Waals surface area contributed by atoms with Gasteiger partial charge in [0.1, 0.15) is 16.8 Å². The highest BCUT2D eigenvalue weighted by Crippen LogP contribution is 2.33. The van der Waals surface area contributed by atoms with E-state index < -0.39 is 52.6 Å². The molecule has 37 heavy (non-hydrogen) atoms. The minimum absolute atomic E-state index is 0.00662. The number of amides is 1. The highest BCUT2D eigenvalue weighted by molar-refractivity contribution is 7.80. The van der Waals surface area contributed by atoms with Crippen LogP contribution in [0.4, 0.5) is 27.6 Å². The van der Waals surface area contributed by atoms with Gasteiger partial charge in [0.15, 0.2) is 40.1 Å². The lowest BCUT2D eigenvalue weighted by atomic mass is 10.1. The van der Waals surface area contributed by atoms with Crippen molar-refractivity contribution in [1.29, 1.82) is 0 Å². The van der Waals surface area contributed by atoms with Crippen LogP contribution in [0.3, 0.4) is 0 Å². The van der Waals surface area contributed by atoms with Crippen molar-refractivity contribution < 1.29 is 35.9 Å². The normalized spacial score (nSPS) is 11.9. The van der Waals surface area contributed by atoms with Gasteiger partial charge >= 0.3 is 0 Å². The molecular weight excluding hydrogens is 564 g/mol. The first kappa shape index (κ1) is 26.6. The first-order valence-electron chi connectivity index (χ1n) is 10.1. The van der Waals surface area contributed by atoms with E-state index >= 15 is 0 Å². The summed E-state index contributed by atoms with van der Waals surface area (Å²) in [7, 11) is 0. The number of carbonyl (C=O) groups excluding carboxylic acids is 1. The van der Waals surface area contributed by atoms with E-state index in [1.807, 2.05) is 0 Å². The van der Waals surface area contributed by atoms with Gasteiger partial charge in [0.2, 0.25) is 11.7 Å². The van der Waals surface area contributed by atoms with Crippen molar-refractivity contribution in [2.75, 3.05) is 5.32 Å². The lowest BCUT2D eigenvalue weighted by molar-refractivity contribution is -0.125. The van der Waals surface area contributed by atoms with Crippen molar-refractivity contribution in [2.24, 2.45) is 0 Å². The summed E-state index contributed by atoms with van der Waals surface area (Å²) in [6, 6.07) is 8.54. The Bertz CT molecular complexity index is 1540. The van der Waals surface area contributed by atoms with E-state index in [1.165, 1.54) is 43.3 Å². The zero-order chi connectivity index (χ0) is 27.0. The second-order valence-corrected chi connectivity index (χ2v) is 8.68. The van der Waals surface area contributed by atoms with Gasteiger partial charge < -0.3 is 14.5 Å². The van der Waals surface area contributed by atoms with Crippen molar-refractivity contribution in [3.05, 3.63) is 75.5 Å². The molecule has 0 radical (unpaired) electrons. The number of rotatable bonds is 5. The number of thiocarbonyl (C=S) groups is 1. The maximum absolute atomic E-state index is 14.1. The summed E-state index contributed by atoms with van der Waals surface area (Å²) >= 11 is 17.0. The van der Waals surface area contributed by atoms with E-state index in [-0.39, 0.29) is 32.7 Å². The Morgan fingerprint density at radius 2 is 1.65 bits per heavy atom. The van der Waals surface area contributed by atoms with E-state index in [0.29, 0.717) is 5.02 Å². The summed E-state index contributed by atoms with van der Waals surface area (Å²) in [5, 5.41) is 5.58. The van der Waals surface area contributed by atoms with Gasteiger partial charge in [-0.25, -0.2) is 26.9 Å². The van der Waals surface area contributed by atoms with E-state index in [1.54, 1.807) is 0 Å². The zero-order valence-corrected chi connectivity index (χ0v) is 20.6. The molecule has 1 amide bonds. The fourth-order valence-electron chi connectivity index (χ4n) is 3.10. The molecule has 0 aliphatic carbocycles. The Hall–Kier alpha value is -3.48. The number of oxazole rings is 1. The van der Waals surface area contributed by atoms with Crippen LogP contribution < -0.4 is 15.4 Å². The number of benzene rings is 3. The maximum Gasteiger partial charge on any atom is 0.266 e. The fraction of sp³-hybridized carbons (Fsp3) is 0.0870. The monoisotopic (exact) mass is 575 g/mol. The molecule has 0 bridgehead atoms. The second-order valence-electron chi connectivity index (χ2n) is 7.42. The lowest BCUT2D eigenvalue weighted by Crippen LogP contribution is -2.42. The number of nitrogens with one attached hydrogen (secondary N) is 2. The van der Waals surface area contributed by atoms with Gasteiger partial charge in [-0.3, -0.25) is 10.1 Å². The topological polar surface area (TPSA) is 76.4 Å².